The van der Waals surface area contributed by atoms with Crippen molar-refractivity contribution in [3.63, 3.8) is 0 Å². The van der Waals surface area contributed by atoms with E-state index in [1.807, 2.05) is 29.8 Å². The Bertz CT molecular complexity index is 681. The summed E-state index contributed by atoms with van der Waals surface area (Å²) in [5, 5.41) is 0. The lowest BCUT2D eigenvalue weighted by Crippen LogP contribution is -1.90. The molecule has 0 saturated heterocycles. The number of fused-ring (bicyclic) bond motifs is 1. The summed E-state index contributed by atoms with van der Waals surface area (Å²) in [6.45, 7) is 0. The van der Waals surface area contributed by atoms with Gasteiger partial charge in [0.05, 0.1) is 17.3 Å². The standard InChI is InChI=1S/C13H10N2O2/c1-15-11-5-4-9(8-16)7-10(11)14-13(15)12-3-2-6-17-12/h2-8H,1H3. The minimum Gasteiger partial charge on any atom is -0.461 e. The van der Waals surface area contributed by atoms with E-state index >= 15 is 0 Å². The molecule has 0 fully saturated rings. The van der Waals surface area contributed by atoms with Crippen LogP contribution in [0, 0.1) is 0 Å². The second kappa shape index (κ2) is 3.59. The molecule has 3 rings (SSSR count). The lowest BCUT2D eigenvalue weighted by molar-refractivity contribution is 0.112. The molecule has 3 aromatic rings. The molecule has 0 aliphatic rings. The van der Waals surface area contributed by atoms with E-state index in [2.05, 4.69) is 4.98 Å². The average molecular weight is 226 g/mol. The lowest BCUT2D eigenvalue weighted by Gasteiger charge is -1.98. The maximum Gasteiger partial charge on any atom is 0.176 e. The Morgan fingerprint density at radius 3 is 2.94 bits per heavy atom. The third kappa shape index (κ3) is 1.45. The highest BCUT2D eigenvalue weighted by Gasteiger charge is 2.11. The number of aryl methyl sites for hydroxylation is 1. The van der Waals surface area contributed by atoms with Gasteiger partial charge < -0.3 is 8.98 Å². The second-order valence-electron chi connectivity index (χ2n) is 3.84. The molecule has 4 heteroatoms. The van der Waals surface area contributed by atoms with Crippen molar-refractivity contribution in [1.29, 1.82) is 0 Å². The summed E-state index contributed by atoms with van der Waals surface area (Å²) in [4.78, 5) is 15.2. The van der Waals surface area contributed by atoms with E-state index in [4.69, 9.17) is 4.42 Å². The van der Waals surface area contributed by atoms with E-state index in [0.29, 0.717) is 5.56 Å². The molecule has 0 bridgehead atoms. The van der Waals surface area contributed by atoms with Gasteiger partial charge in [0.1, 0.15) is 6.29 Å². The molecule has 0 atom stereocenters. The summed E-state index contributed by atoms with van der Waals surface area (Å²) in [6, 6.07) is 9.13. The third-order valence-corrected chi connectivity index (χ3v) is 2.78. The molecule has 84 valence electrons. The number of aromatic nitrogens is 2. The number of imidazole rings is 1. The number of carbonyl (C=O) groups excluding carboxylic acids is 1. The van der Waals surface area contributed by atoms with Crippen molar-refractivity contribution < 1.29 is 9.21 Å². The van der Waals surface area contributed by atoms with Crippen molar-refractivity contribution in [2.75, 3.05) is 0 Å². The molecule has 0 spiro atoms. The zero-order valence-corrected chi connectivity index (χ0v) is 9.25. The summed E-state index contributed by atoms with van der Waals surface area (Å²) < 4.78 is 7.28. The fraction of sp³-hybridized carbons (Fsp3) is 0.0769. The van der Waals surface area contributed by atoms with E-state index in [9.17, 15) is 4.79 Å². The van der Waals surface area contributed by atoms with Gasteiger partial charge in [-0.1, -0.05) is 0 Å². The minimum absolute atomic E-state index is 0.626. The third-order valence-electron chi connectivity index (χ3n) is 2.78. The molecule has 2 aromatic heterocycles. The van der Waals surface area contributed by atoms with Gasteiger partial charge >= 0.3 is 0 Å². The van der Waals surface area contributed by atoms with Crippen LogP contribution in [0.15, 0.2) is 41.0 Å². The Kier molecular flexibility index (Phi) is 2.08. The quantitative estimate of drug-likeness (QED) is 0.631. The molecule has 0 radical (unpaired) electrons. The number of hydrogen-bond donors (Lipinski definition) is 0. The van der Waals surface area contributed by atoms with Crippen molar-refractivity contribution >= 4 is 17.3 Å². The predicted octanol–water partition coefficient (Wildman–Crippen LogP) is 2.65. The SMILES string of the molecule is Cn1c(-c2ccco2)nc2cc(C=O)ccc21. The Labute approximate surface area is 97.5 Å². The van der Waals surface area contributed by atoms with Gasteiger partial charge in [-0.15, -0.1) is 0 Å². The van der Waals surface area contributed by atoms with Gasteiger partial charge in [0, 0.05) is 12.6 Å². The minimum atomic E-state index is 0.626. The van der Waals surface area contributed by atoms with Crippen molar-refractivity contribution in [3.05, 3.63) is 42.2 Å². The van der Waals surface area contributed by atoms with Crippen molar-refractivity contribution in [3.8, 4) is 11.6 Å². The van der Waals surface area contributed by atoms with Gasteiger partial charge in [0.15, 0.2) is 11.6 Å². The number of nitrogens with zero attached hydrogens (tertiary/aromatic N) is 2. The largest absolute Gasteiger partial charge is 0.461 e. The summed E-state index contributed by atoms with van der Waals surface area (Å²) in [6.07, 6.45) is 2.44. The first-order valence-corrected chi connectivity index (χ1v) is 5.25. The van der Waals surface area contributed by atoms with Crippen molar-refractivity contribution in [1.82, 2.24) is 9.55 Å². The van der Waals surface area contributed by atoms with Crippen LogP contribution < -0.4 is 0 Å². The van der Waals surface area contributed by atoms with Gasteiger partial charge in [-0.05, 0) is 30.3 Å². The molecule has 1 aromatic carbocycles. The van der Waals surface area contributed by atoms with Crippen LogP contribution in [0.2, 0.25) is 0 Å². The van der Waals surface area contributed by atoms with Crippen LogP contribution in [-0.2, 0) is 7.05 Å². The maximum atomic E-state index is 10.7. The molecule has 0 unspecified atom stereocenters. The molecule has 0 saturated carbocycles. The zero-order chi connectivity index (χ0) is 11.8. The number of carbonyl (C=O) groups is 1. The van der Waals surface area contributed by atoms with Gasteiger partial charge in [0.2, 0.25) is 0 Å². The summed E-state index contributed by atoms with van der Waals surface area (Å²) >= 11 is 0. The first-order valence-electron chi connectivity index (χ1n) is 5.25. The number of rotatable bonds is 2. The highest BCUT2D eigenvalue weighted by molar-refractivity contribution is 5.86. The van der Waals surface area contributed by atoms with Crippen molar-refractivity contribution in [2.45, 2.75) is 0 Å². The highest BCUT2D eigenvalue weighted by atomic mass is 16.3. The predicted molar refractivity (Wildman–Crippen MR) is 63.8 cm³/mol. The molecule has 0 amide bonds. The molecular weight excluding hydrogens is 216 g/mol. The van der Waals surface area contributed by atoms with Crippen LogP contribution >= 0.6 is 0 Å². The average Bonchev–Trinajstić information content (AvgIpc) is 2.97. The van der Waals surface area contributed by atoms with E-state index in [1.54, 1.807) is 18.4 Å². The Morgan fingerprint density at radius 2 is 2.24 bits per heavy atom. The van der Waals surface area contributed by atoms with E-state index in [1.165, 1.54) is 0 Å². The normalized spacial score (nSPS) is 10.9. The van der Waals surface area contributed by atoms with Crippen LogP contribution in [0.25, 0.3) is 22.6 Å². The van der Waals surface area contributed by atoms with Crippen LogP contribution in [0.3, 0.4) is 0 Å². The topological polar surface area (TPSA) is 48.0 Å². The Balaban J connectivity index is 2.28. The number of benzene rings is 1. The monoisotopic (exact) mass is 226 g/mol. The lowest BCUT2D eigenvalue weighted by atomic mass is 10.2. The Morgan fingerprint density at radius 1 is 1.35 bits per heavy atom. The Hall–Kier alpha value is -2.36. The van der Waals surface area contributed by atoms with Gasteiger partial charge in [-0.25, -0.2) is 4.98 Å². The fourth-order valence-corrected chi connectivity index (χ4v) is 1.92. The molecule has 0 aliphatic carbocycles. The smallest absolute Gasteiger partial charge is 0.176 e. The van der Waals surface area contributed by atoms with E-state index in [-0.39, 0.29) is 0 Å². The van der Waals surface area contributed by atoms with E-state index < -0.39 is 0 Å². The molecule has 0 aliphatic heterocycles. The van der Waals surface area contributed by atoms with Gasteiger partial charge in [-0.2, -0.15) is 0 Å². The summed E-state index contributed by atoms with van der Waals surface area (Å²) in [5.74, 6) is 1.48. The summed E-state index contributed by atoms with van der Waals surface area (Å²) in [7, 11) is 1.92. The summed E-state index contributed by atoms with van der Waals surface area (Å²) in [5.41, 5.74) is 2.40. The highest BCUT2D eigenvalue weighted by Crippen LogP contribution is 2.24. The molecular formula is C13H10N2O2. The van der Waals surface area contributed by atoms with Crippen LogP contribution in [0.1, 0.15) is 10.4 Å². The molecule has 17 heavy (non-hydrogen) atoms. The number of aldehydes is 1. The van der Waals surface area contributed by atoms with Gasteiger partial charge in [0.25, 0.3) is 0 Å². The van der Waals surface area contributed by atoms with Crippen molar-refractivity contribution in [2.24, 2.45) is 7.05 Å². The number of hydrogen-bond acceptors (Lipinski definition) is 3. The van der Waals surface area contributed by atoms with Crippen LogP contribution in [-0.4, -0.2) is 15.8 Å². The van der Waals surface area contributed by atoms with E-state index in [0.717, 1.165) is 28.9 Å². The zero-order valence-electron chi connectivity index (χ0n) is 9.25. The first kappa shape index (κ1) is 9.84. The fourth-order valence-electron chi connectivity index (χ4n) is 1.92. The molecule has 2 heterocycles. The van der Waals surface area contributed by atoms with Crippen LogP contribution in [0.5, 0.6) is 0 Å². The van der Waals surface area contributed by atoms with Gasteiger partial charge in [-0.3, -0.25) is 4.79 Å². The molecule has 0 N–H and O–H groups in total. The maximum absolute atomic E-state index is 10.7. The second-order valence-corrected chi connectivity index (χ2v) is 3.84. The molecule has 4 nitrogen and oxygen atoms in total. The van der Waals surface area contributed by atoms with Crippen LogP contribution in [0.4, 0.5) is 0 Å². The first-order chi connectivity index (χ1) is 8.29. The number of furan rings is 1.